The molecule has 2 N–H and O–H groups in total. The molecule has 160 valence electrons. The molecule has 7 nitrogen and oxygen atoms in total. The van der Waals surface area contributed by atoms with Crippen LogP contribution in [0.15, 0.2) is 24.3 Å². The Morgan fingerprint density at radius 2 is 1.79 bits per heavy atom. The lowest BCUT2D eigenvalue weighted by Gasteiger charge is -2.31. The van der Waals surface area contributed by atoms with Crippen molar-refractivity contribution >= 4 is 35.9 Å². The number of nitrogens with one attached hydrogen (secondary N) is 2. The Hall–Kier alpha value is -2.12. The fourth-order valence-corrected chi connectivity index (χ4v) is 3.59. The Balaban J connectivity index is 0.00000300. The van der Waals surface area contributed by atoms with E-state index in [4.69, 9.17) is 4.74 Å². The second kappa shape index (κ2) is 10.6. The molecule has 0 saturated carbocycles. The second-order valence-electron chi connectivity index (χ2n) is 7.59. The maximum Gasteiger partial charge on any atom is 0.309 e. The van der Waals surface area contributed by atoms with E-state index in [1.165, 1.54) is 0 Å². The van der Waals surface area contributed by atoms with Crippen molar-refractivity contribution in [2.45, 2.75) is 26.7 Å². The summed E-state index contributed by atoms with van der Waals surface area (Å²) >= 11 is 0. The highest BCUT2D eigenvalue weighted by molar-refractivity contribution is 5.96. The lowest BCUT2D eigenvalue weighted by Crippen LogP contribution is -2.48. The van der Waals surface area contributed by atoms with Gasteiger partial charge in [-0.3, -0.25) is 14.4 Å². The number of rotatable bonds is 6. The first-order valence-corrected chi connectivity index (χ1v) is 10.1. The molecular weight excluding hydrogens is 394 g/mol. The average molecular weight is 424 g/mol. The SMILES string of the molecule is CCOC(=O)C1CCN(C(=O)c2ccc(NC(=O)C(C)C3CNC3)cc2)CC1.Cl. The molecule has 2 aliphatic rings. The van der Waals surface area contributed by atoms with Gasteiger partial charge < -0.3 is 20.3 Å². The van der Waals surface area contributed by atoms with E-state index in [9.17, 15) is 14.4 Å². The van der Waals surface area contributed by atoms with Crippen LogP contribution in [-0.2, 0) is 14.3 Å². The van der Waals surface area contributed by atoms with Crippen molar-refractivity contribution in [3.63, 3.8) is 0 Å². The highest BCUT2D eigenvalue weighted by Gasteiger charge is 2.30. The Morgan fingerprint density at radius 3 is 2.31 bits per heavy atom. The van der Waals surface area contributed by atoms with Crippen LogP contribution >= 0.6 is 12.4 Å². The summed E-state index contributed by atoms with van der Waals surface area (Å²) in [5.41, 5.74) is 1.28. The minimum Gasteiger partial charge on any atom is -0.466 e. The second-order valence-corrected chi connectivity index (χ2v) is 7.59. The maximum atomic E-state index is 12.7. The fourth-order valence-electron chi connectivity index (χ4n) is 3.59. The molecule has 0 bridgehead atoms. The third-order valence-corrected chi connectivity index (χ3v) is 5.74. The van der Waals surface area contributed by atoms with Gasteiger partial charge in [-0.25, -0.2) is 0 Å². The lowest BCUT2D eigenvalue weighted by atomic mass is 9.88. The highest BCUT2D eigenvalue weighted by Crippen LogP contribution is 2.22. The minimum atomic E-state index is -0.165. The van der Waals surface area contributed by atoms with E-state index < -0.39 is 0 Å². The molecule has 0 aromatic heterocycles. The molecule has 0 radical (unpaired) electrons. The van der Waals surface area contributed by atoms with Crippen molar-refractivity contribution in [3.05, 3.63) is 29.8 Å². The van der Waals surface area contributed by atoms with Gasteiger partial charge in [0, 0.05) is 30.3 Å². The van der Waals surface area contributed by atoms with Crippen LogP contribution in [-0.4, -0.2) is 55.5 Å². The summed E-state index contributed by atoms with van der Waals surface area (Å²) in [7, 11) is 0. The quantitative estimate of drug-likeness (QED) is 0.685. The number of piperidine rings is 1. The van der Waals surface area contributed by atoms with Gasteiger partial charge in [-0.05, 0) is 63.0 Å². The first kappa shape index (κ1) is 23.2. The average Bonchev–Trinajstić information content (AvgIpc) is 2.67. The number of benzene rings is 1. The zero-order chi connectivity index (χ0) is 20.1. The lowest BCUT2D eigenvalue weighted by molar-refractivity contribution is -0.149. The van der Waals surface area contributed by atoms with Gasteiger partial charge in [0.15, 0.2) is 0 Å². The summed E-state index contributed by atoms with van der Waals surface area (Å²) in [4.78, 5) is 38.6. The summed E-state index contributed by atoms with van der Waals surface area (Å²) in [6.45, 7) is 6.99. The maximum absolute atomic E-state index is 12.7. The zero-order valence-electron chi connectivity index (χ0n) is 17.0. The smallest absolute Gasteiger partial charge is 0.309 e. The summed E-state index contributed by atoms with van der Waals surface area (Å²) in [6, 6.07) is 7.01. The zero-order valence-corrected chi connectivity index (χ0v) is 17.8. The molecule has 1 atom stereocenters. The number of halogens is 1. The molecule has 8 heteroatoms. The number of likely N-dealkylation sites (tertiary alicyclic amines) is 1. The van der Waals surface area contributed by atoms with Crippen molar-refractivity contribution in [3.8, 4) is 0 Å². The van der Waals surface area contributed by atoms with E-state index in [0.29, 0.717) is 49.7 Å². The van der Waals surface area contributed by atoms with Crippen LogP contribution in [0, 0.1) is 17.8 Å². The van der Waals surface area contributed by atoms with Crippen LogP contribution in [0.5, 0.6) is 0 Å². The molecule has 1 unspecified atom stereocenters. The molecule has 2 fully saturated rings. The summed E-state index contributed by atoms with van der Waals surface area (Å²) in [5.74, 6) is 0.0263. The van der Waals surface area contributed by atoms with Gasteiger partial charge in [-0.15, -0.1) is 12.4 Å². The van der Waals surface area contributed by atoms with E-state index in [1.54, 1.807) is 36.1 Å². The number of hydrogen-bond acceptors (Lipinski definition) is 5. The normalized spacial score (nSPS) is 18.2. The monoisotopic (exact) mass is 423 g/mol. The van der Waals surface area contributed by atoms with Gasteiger partial charge in [-0.1, -0.05) is 6.92 Å². The number of carbonyl (C=O) groups excluding carboxylic acids is 3. The van der Waals surface area contributed by atoms with Gasteiger partial charge in [0.05, 0.1) is 12.5 Å². The van der Waals surface area contributed by atoms with Crippen LogP contribution in [0.2, 0.25) is 0 Å². The van der Waals surface area contributed by atoms with E-state index in [1.807, 2.05) is 6.92 Å². The van der Waals surface area contributed by atoms with Gasteiger partial charge in [0.2, 0.25) is 5.91 Å². The molecule has 0 spiro atoms. The standard InChI is InChI=1S/C21H29N3O4.ClH/c1-3-28-21(27)16-8-10-24(11-9-16)20(26)15-4-6-18(7-5-15)23-19(25)14(2)17-12-22-13-17;/h4-7,14,16-17,22H,3,8-13H2,1-2H3,(H,23,25);1H. The van der Waals surface area contributed by atoms with Crippen LogP contribution in [0.4, 0.5) is 5.69 Å². The van der Waals surface area contributed by atoms with Crippen LogP contribution in [0.1, 0.15) is 37.0 Å². The van der Waals surface area contributed by atoms with Gasteiger partial charge in [0.1, 0.15) is 0 Å². The van der Waals surface area contributed by atoms with Crippen molar-refractivity contribution in [2.75, 3.05) is 38.1 Å². The van der Waals surface area contributed by atoms with Crippen molar-refractivity contribution in [1.29, 1.82) is 0 Å². The molecule has 2 heterocycles. The number of anilines is 1. The van der Waals surface area contributed by atoms with E-state index in [2.05, 4.69) is 10.6 Å². The van der Waals surface area contributed by atoms with Crippen molar-refractivity contribution in [1.82, 2.24) is 10.2 Å². The summed E-state index contributed by atoms with van der Waals surface area (Å²) in [5, 5.41) is 6.10. The molecule has 2 saturated heterocycles. The van der Waals surface area contributed by atoms with Gasteiger partial charge in [0.25, 0.3) is 5.91 Å². The number of hydrogen-bond donors (Lipinski definition) is 2. The molecule has 0 aliphatic carbocycles. The first-order chi connectivity index (χ1) is 13.5. The first-order valence-electron chi connectivity index (χ1n) is 10.1. The van der Waals surface area contributed by atoms with E-state index >= 15 is 0 Å². The summed E-state index contributed by atoms with van der Waals surface area (Å²) in [6.07, 6.45) is 1.26. The molecule has 1 aromatic carbocycles. The van der Waals surface area contributed by atoms with Crippen LogP contribution in [0.3, 0.4) is 0 Å². The molecular formula is C21H30ClN3O4. The highest BCUT2D eigenvalue weighted by atomic mass is 35.5. The van der Waals surface area contributed by atoms with Crippen LogP contribution in [0.25, 0.3) is 0 Å². The topological polar surface area (TPSA) is 87.7 Å². The Labute approximate surface area is 178 Å². The summed E-state index contributed by atoms with van der Waals surface area (Å²) < 4.78 is 5.07. The van der Waals surface area contributed by atoms with E-state index in [-0.39, 0.29) is 42.0 Å². The fraction of sp³-hybridized carbons (Fsp3) is 0.571. The predicted octanol–water partition coefficient (Wildman–Crippen LogP) is 2.32. The minimum absolute atomic E-state index is 0. The molecule has 2 amide bonds. The molecule has 29 heavy (non-hydrogen) atoms. The van der Waals surface area contributed by atoms with Crippen molar-refractivity contribution in [2.24, 2.45) is 17.8 Å². The molecule has 1 aromatic rings. The van der Waals surface area contributed by atoms with E-state index in [0.717, 1.165) is 13.1 Å². The van der Waals surface area contributed by atoms with Crippen LogP contribution < -0.4 is 10.6 Å². The molecule has 3 rings (SSSR count). The predicted molar refractivity (Wildman–Crippen MR) is 113 cm³/mol. The Bertz CT molecular complexity index is 713. The third kappa shape index (κ3) is 5.70. The number of carbonyl (C=O) groups is 3. The number of esters is 1. The third-order valence-electron chi connectivity index (χ3n) is 5.74. The number of ether oxygens (including phenoxy) is 1. The van der Waals surface area contributed by atoms with Crippen molar-refractivity contribution < 1.29 is 19.1 Å². The largest absolute Gasteiger partial charge is 0.466 e. The molecule has 2 aliphatic heterocycles. The van der Waals surface area contributed by atoms with Gasteiger partial charge in [-0.2, -0.15) is 0 Å². The Kier molecular flexibility index (Phi) is 8.46. The number of amides is 2. The number of nitrogens with zero attached hydrogens (tertiary/aromatic N) is 1. The Morgan fingerprint density at radius 1 is 1.17 bits per heavy atom. The van der Waals surface area contributed by atoms with Gasteiger partial charge >= 0.3 is 5.97 Å².